The fourth-order valence-electron chi connectivity index (χ4n) is 1.95. The lowest BCUT2D eigenvalue weighted by molar-refractivity contribution is -0.125. The molecule has 0 bridgehead atoms. The fourth-order valence-corrected chi connectivity index (χ4v) is 1.95. The molecule has 3 N–H and O–H groups in total. The standard InChI is InChI=1S/C16H27N3O/c1-5-19(6-2)12-14-9-7-8-13(10-14)11-18-15(20)16(3,4)17/h7-10H,5-6,11-12,17H2,1-4H3,(H,18,20). The highest BCUT2D eigenvalue weighted by atomic mass is 16.2. The molecular weight excluding hydrogens is 250 g/mol. The van der Waals surface area contributed by atoms with Crippen LogP contribution in [0.5, 0.6) is 0 Å². The summed E-state index contributed by atoms with van der Waals surface area (Å²) in [7, 11) is 0. The van der Waals surface area contributed by atoms with Gasteiger partial charge in [-0.1, -0.05) is 38.1 Å². The van der Waals surface area contributed by atoms with Gasteiger partial charge in [-0.15, -0.1) is 0 Å². The lowest BCUT2D eigenvalue weighted by atomic mass is 10.1. The predicted octanol–water partition coefficient (Wildman–Crippen LogP) is 1.88. The van der Waals surface area contributed by atoms with Gasteiger partial charge in [-0.25, -0.2) is 0 Å². The molecule has 4 heteroatoms. The number of amides is 1. The largest absolute Gasteiger partial charge is 0.350 e. The van der Waals surface area contributed by atoms with E-state index >= 15 is 0 Å². The van der Waals surface area contributed by atoms with Gasteiger partial charge in [-0.05, 0) is 38.1 Å². The van der Waals surface area contributed by atoms with Crippen molar-refractivity contribution in [1.29, 1.82) is 0 Å². The van der Waals surface area contributed by atoms with Crippen LogP contribution in [-0.4, -0.2) is 29.4 Å². The zero-order valence-corrected chi connectivity index (χ0v) is 13.1. The van der Waals surface area contributed by atoms with Gasteiger partial charge in [0.15, 0.2) is 0 Å². The van der Waals surface area contributed by atoms with Crippen molar-refractivity contribution >= 4 is 5.91 Å². The molecule has 0 saturated heterocycles. The van der Waals surface area contributed by atoms with Crippen LogP contribution in [-0.2, 0) is 17.9 Å². The smallest absolute Gasteiger partial charge is 0.239 e. The highest BCUT2D eigenvalue weighted by Crippen LogP contribution is 2.09. The van der Waals surface area contributed by atoms with Crippen molar-refractivity contribution in [2.75, 3.05) is 13.1 Å². The second kappa shape index (κ2) is 7.41. The van der Waals surface area contributed by atoms with Crippen LogP contribution in [0.4, 0.5) is 0 Å². The summed E-state index contributed by atoms with van der Waals surface area (Å²) in [5, 5.41) is 2.87. The molecular formula is C16H27N3O. The normalized spacial score (nSPS) is 11.7. The Hall–Kier alpha value is -1.39. The quantitative estimate of drug-likeness (QED) is 0.800. The van der Waals surface area contributed by atoms with E-state index in [9.17, 15) is 4.79 Å². The Kier molecular flexibility index (Phi) is 6.17. The first kappa shape index (κ1) is 16.7. The van der Waals surface area contributed by atoms with Gasteiger partial charge in [0.25, 0.3) is 0 Å². The van der Waals surface area contributed by atoms with Crippen molar-refractivity contribution in [3.8, 4) is 0 Å². The molecule has 0 aliphatic heterocycles. The summed E-state index contributed by atoms with van der Waals surface area (Å²) >= 11 is 0. The maximum Gasteiger partial charge on any atom is 0.239 e. The van der Waals surface area contributed by atoms with E-state index in [2.05, 4.69) is 36.2 Å². The van der Waals surface area contributed by atoms with Gasteiger partial charge in [0, 0.05) is 13.1 Å². The number of nitrogens with two attached hydrogens (primary N) is 1. The Bertz CT molecular complexity index is 434. The maximum atomic E-state index is 11.7. The zero-order valence-electron chi connectivity index (χ0n) is 13.1. The molecule has 0 heterocycles. The molecule has 0 atom stereocenters. The van der Waals surface area contributed by atoms with Crippen molar-refractivity contribution in [2.24, 2.45) is 5.73 Å². The molecule has 0 saturated carbocycles. The first-order valence-electron chi connectivity index (χ1n) is 7.24. The van der Waals surface area contributed by atoms with E-state index in [4.69, 9.17) is 5.73 Å². The number of rotatable bonds is 7. The maximum absolute atomic E-state index is 11.7. The molecule has 1 aromatic rings. The minimum absolute atomic E-state index is 0.133. The molecule has 0 aliphatic rings. The first-order valence-corrected chi connectivity index (χ1v) is 7.24. The van der Waals surface area contributed by atoms with Crippen LogP contribution < -0.4 is 11.1 Å². The van der Waals surface area contributed by atoms with E-state index in [1.165, 1.54) is 5.56 Å². The Labute approximate surface area is 122 Å². The van der Waals surface area contributed by atoms with Crippen molar-refractivity contribution in [3.63, 3.8) is 0 Å². The minimum Gasteiger partial charge on any atom is -0.350 e. The van der Waals surface area contributed by atoms with Gasteiger partial charge < -0.3 is 11.1 Å². The molecule has 0 radical (unpaired) electrons. The SMILES string of the molecule is CCN(CC)Cc1cccc(CNC(=O)C(C)(C)N)c1. The molecule has 4 nitrogen and oxygen atoms in total. The van der Waals surface area contributed by atoms with Crippen LogP contribution in [0.25, 0.3) is 0 Å². The summed E-state index contributed by atoms with van der Waals surface area (Å²) in [6.45, 7) is 11.3. The van der Waals surface area contributed by atoms with Gasteiger partial charge in [0.2, 0.25) is 5.91 Å². The van der Waals surface area contributed by atoms with Crippen LogP contribution in [0, 0.1) is 0 Å². The van der Waals surface area contributed by atoms with E-state index in [1.807, 2.05) is 12.1 Å². The number of hydrogen-bond donors (Lipinski definition) is 2. The Morgan fingerprint density at radius 3 is 2.40 bits per heavy atom. The molecule has 0 unspecified atom stereocenters. The van der Waals surface area contributed by atoms with Crippen LogP contribution in [0.3, 0.4) is 0 Å². The van der Waals surface area contributed by atoms with Crippen molar-refractivity contribution in [2.45, 2.75) is 46.3 Å². The molecule has 1 amide bonds. The summed E-state index contributed by atoms with van der Waals surface area (Å²) in [6.07, 6.45) is 0. The van der Waals surface area contributed by atoms with Gasteiger partial charge in [-0.2, -0.15) is 0 Å². The van der Waals surface area contributed by atoms with Crippen molar-refractivity contribution in [3.05, 3.63) is 35.4 Å². The Morgan fingerprint density at radius 2 is 1.85 bits per heavy atom. The van der Waals surface area contributed by atoms with E-state index in [0.717, 1.165) is 25.2 Å². The van der Waals surface area contributed by atoms with Gasteiger partial charge >= 0.3 is 0 Å². The number of hydrogen-bond acceptors (Lipinski definition) is 3. The van der Waals surface area contributed by atoms with Crippen LogP contribution in [0.1, 0.15) is 38.8 Å². The van der Waals surface area contributed by atoms with E-state index in [1.54, 1.807) is 13.8 Å². The van der Waals surface area contributed by atoms with E-state index in [0.29, 0.717) is 6.54 Å². The van der Waals surface area contributed by atoms with Gasteiger partial charge in [-0.3, -0.25) is 9.69 Å². The van der Waals surface area contributed by atoms with Gasteiger partial charge in [0.1, 0.15) is 0 Å². The fraction of sp³-hybridized carbons (Fsp3) is 0.562. The Balaban J connectivity index is 2.62. The molecule has 0 aliphatic carbocycles. The molecule has 1 aromatic carbocycles. The number of nitrogens with zero attached hydrogens (tertiary/aromatic N) is 1. The van der Waals surface area contributed by atoms with Crippen molar-refractivity contribution < 1.29 is 4.79 Å². The topological polar surface area (TPSA) is 58.4 Å². The number of benzene rings is 1. The van der Waals surface area contributed by atoms with E-state index in [-0.39, 0.29) is 5.91 Å². The first-order chi connectivity index (χ1) is 9.36. The highest BCUT2D eigenvalue weighted by molar-refractivity contribution is 5.84. The monoisotopic (exact) mass is 277 g/mol. The molecule has 1 rings (SSSR count). The molecule has 112 valence electrons. The Morgan fingerprint density at radius 1 is 1.25 bits per heavy atom. The third-order valence-electron chi connectivity index (χ3n) is 3.33. The summed E-state index contributed by atoms with van der Waals surface area (Å²) in [5.74, 6) is -0.133. The average molecular weight is 277 g/mol. The average Bonchev–Trinajstić information content (AvgIpc) is 2.41. The van der Waals surface area contributed by atoms with Crippen molar-refractivity contribution in [1.82, 2.24) is 10.2 Å². The third-order valence-corrected chi connectivity index (χ3v) is 3.33. The van der Waals surface area contributed by atoms with Crippen LogP contribution in [0.15, 0.2) is 24.3 Å². The lowest BCUT2D eigenvalue weighted by Crippen LogP contribution is -2.48. The molecule has 20 heavy (non-hydrogen) atoms. The summed E-state index contributed by atoms with van der Waals surface area (Å²) in [6, 6.07) is 8.32. The summed E-state index contributed by atoms with van der Waals surface area (Å²) in [5.41, 5.74) is 7.30. The van der Waals surface area contributed by atoms with Gasteiger partial charge in [0.05, 0.1) is 5.54 Å². The summed E-state index contributed by atoms with van der Waals surface area (Å²) < 4.78 is 0. The molecule has 0 fully saturated rings. The number of nitrogens with one attached hydrogen (secondary N) is 1. The third kappa shape index (κ3) is 5.31. The lowest BCUT2D eigenvalue weighted by Gasteiger charge is -2.19. The number of carbonyl (C=O) groups is 1. The zero-order chi connectivity index (χ0) is 15.2. The molecule has 0 aromatic heterocycles. The summed E-state index contributed by atoms with van der Waals surface area (Å²) in [4.78, 5) is 14.1. The number of carbonyl (C=O) groups excluding carboxylic acids is 1. The van der Waals surface area contributed by atoms with E-state index < -0.39 is 5.54 Å². The highest BCUT2D eigenvalue weighted by Gasteiger charge is 2.21. The predicted molar refractivity (Wildman–Crippen MR) is 83.2 cm³/mol. The molecule has 0 spiro atoms. The second-order valence-corrected chi connectivity index (χ2v) is 5.69. The van der Waals surface area contributed by atoms with Crippen LogP contribution in [0.2, 0.25) is 0 Å². The second-order valence-electron chi connectivity index (χ2n) is 5.69. The van der Waals surface area contributed by atoms with Crippen LogP contribution >= 0.6 is 0 Å². The minimum atomic E-state index is -0.834.